The average Bonchev–Trinajstić information content (AvgIpc) is 2.39. The number of ether oxygens (including phenoxy) is 1. The van der Waals surface area contributed by atoms with Crippen molar-refractivity contribution in [2.75, 3.05) is 12.4 Å². The van der Waals surface area contributed by atoms with Gasteiger partial charge in [0, 0.05) is 17.4 Å². The third kappa shape index (κ3) is 2.82. The van der Waals surface area contributed by atoms with Crippen molar-refractivity contribution >= 4 is 17.5 Å². The van der Waals surface area contributed by atoms with E-state index in [-0.39, 0.29) is 5.97 Å². The van der Waals surface area contributed by atoms with Crippen molar-refractivity contribution in [3.05, 3.63) is 47.9 Å². The van der Waals surface area contributed by atoms with Gasteiger partial charge in [0.2, 0.25) is 0 Å². The Morgan fingerprint density at radius 3 is 2.56 bits per heavy atom. The Balaban J connectivity index is 2.13. The van der Waals surface area contributed by atoms with Crippen molar-refractivity contribution in [3.63, 3.8) is 0 Å². The van der Waals surface area contributed by atoms with Crippen molar-refractivity contribution < 1.29 is 9.53 Å². The lowest BCUT2D eigenvalue weighted by molar-refractivity contribution is 0.0601. The first-order chi connectivity index (χ1) is 8.69. The Morgan fingerprint density at radius 1 is 1.22 bits per heavy atom. The van der Waals surface area contributed by atoms with Crippen LogP contribution in [0.4, 0.5) is 11.5 Å². The smallest absolute Gasteiger partial charge is 0.337 e. The number of nitrogens with zero attached hydrogens (tertiary/aromatic N) is 2. The molecule has 0 radical (unpaired) electrons. The third-order valence-electron chi connectivity index (χ3n) is 2.38. The predicted molar refractivity (Wildman–Crippen MR) is 67.8 cm³/mol. The van der Waals surface area contributed by atoms with Crippen LogP contribution in [-0.2, 0) is 4.74 Å². The minimum atomic E-state index is -0.348. The molecule has 0 bridgehead atoms. The largest absolute Gasteiger partial charge is 0.465 e. The van der Waals surface area contributed by atoms with Gasteiger partial charge in [-0.25, -0.2) is 14.8 Å². The summed E-state index contributed by atoms with van der Waals surface area (Å²) in [6.45, 7) is 1.90. The summed E-state index contributed by atoms with van der Waals surface area (Å²) in [5.41, 5.74) is 2.25. The van der Waals surface area contributed by atoms with E-state index in [9.17, 15) is 4.79 Å². The number of carbonyl (C=O) groups is 1. The van der Waals surface area contributed by atoms with E-state index in [0.717, 1.165) is 11.4 Å². The monoisotopic (exact) mass is 243 g/mol. The highest BCUT2D eigenvalue weighted by atomic mass is 16.5. The van der Waals surface area contributed by atoms with Crippen LogP contribution in [0.2, 0.25) is 0 Å². The molecule has 0 amide bonds. The van der Waals surface area contributed by atoms with Crippen molar-refractivity contribution in [2.24, 2.45) is 0 Å². The molecule has 5 nitrogen and oxygen atoms in total. The molecule has 0 unspecified atom stereocenters. The van der Waals surface area contributed by atoms with E-state index in [1.807, 2.05) is 13.0 Å². The fraction of sp³-hybridized carbons (Fsp3) is 0.154. The molecule has 1 N–H and O–H groups in total. The van der Waals surface area contributed by atoms with Crippen molar-refractivity contribution in [2.45, 2.75) is 6.92 Å². The zero-order valence-corrected chi connectivity index (χ0v) is 10.2. The summed E-state index contributed by atoms with van der Waals surface area (Å²) in [7, 11) is 1.36. The highest BCUT2D eigenvalue weighted by Crippen LogP contribution is 2.15. The molecular weight excluding hydrogens is 230 g/mol. The van der Waals surface area contributed by atoms with Crippen LogP contribution in [0.3, 0.4) is 0 Å². The predicted octanol–water partition coefficient (Wildman–Crippen LogP) is 2.32. The number of methoxy groups -OCH3 is 1. The number of hydrogen-bond donors (Lipinski definition) is 1. The van der Waals surface area contributed by atoms with Crippen LogP contribution < -0.4 is 5.32 Å². The van der Waals surface area contributed by atoms with Crippen LogP contribution in [0.1, 0.15) is 16.1 Å². The SMILES string of the molecule is COC(=O)c1ccc(Nc2cc(C)ncn2)cc1. The first-order valence-corrected chi connectivity index (χ1v) is 5.43. The lowest BCUT2D eigenvalue weighted by Crippen LogP contribution is -2.01. The molecule has 1 aromatic carbocycles. The molecule has 0 saturated heterocycles. The van der Waals surface area contributed by atoms with Gasteiger partial charge in [0.05, 0.1) is 12.7 Å². The number of hydrogen-bond acceptors (Lipinski definition) is 5. The summed E-state index contributed by atoms with van der Waals surface area (Å²) in [5, 5.41) is 3.13. The Labute approximate surface area is 105 Å². The van der Waals surface area contributed by atoms with E-state index < -0.39 is 0 Å². The van der Waals surface area contributed by atoms with Gasteiger partial charge in [0.25, 0.3) is 0 Å². The molecule has 2 rings (SSSR count). The molecule has 0 saturated carbocycles. The summed E-state index contributed by atoms with van der Waals surface area (Å²) < 4.78 is 4.63. The maximum absolute atomic E-state index is 11.3. The molecule has 1 heterocycles. The van der Waals surface area contributed by atoms with Crippen molar-refractivity contribution in [3.8, 4) is 0 Å². The summed E-state index contributed by atoms with van der Waals surface area (Å²) in [6, 6.07) is 8.83. The van der Waals surface area contributed by atoms with Crippen LogP contribution in [0.25, 0.3) is 0 Å². The standard InChI is InChI=1S/C13H13N3O2/c1-9-7-12(15-8-14-9)16-11-5-3-10(4-6-11)13(17)18-2/h3-8H,1-2H3,(H,14,15,16). The molecule has 0 atom stereocenters. The van der Waals surface area contributed by atoms with E-state index in [1.54, 1.807) is 24.3 Å². The summed E-state index contributed by atoms with van der Waals surface area (Å²) in [5.74, 6) is 0.368. The zero-order valence-electron chi connectivity index (χ0n) is 10.2. The number of anilines is 2. The minimum Gasteiger partial charge on any atom is -0.465 e. The quantitative estimate of drug-likeness (QED) is 0.838. The van der Waals surface area contributed by atoms with Gasteiger partial charge in [-0.1, -0.05) is 0 Å². The molecule has 18 heavy (non-hydrogen) atoms. The molecule has 92 valence electrons. The van der Waals surface area contributed by atoms with Gasteiger partial charge < -0.3 is 10.1 Å². The zero-order chi connectivity index (χ0) is 13.0. The average molecular weight is 243 g/mol. The van der Waals surface area contributed by atoms with Gasteiger partial charge in [0.15, 0.2) is 0 Å². The van der Waals surface area contributed by atoms with E-state index in [1.165, 1.54) is 13.4 Å². The minimum absolute atomic E-state index is 0.348. The van der Waals surface area contributed by atoms with Gasteiger partial charge in [-0.05, 0) is 31.2 Å². The lowest BCUT2D eigenvalue weighted by atomic mass is 10.2. The Morgan fingerprint density at radius 2 is 1.94 bits per heavy atom. The highest BCUT2D eigenvalue weighted by Gasteiger charge is 2.04. The number of rotatable bonds is 3. The fourth-order valence-electron chi connectivity index (χ4n) is 1.48. The second kappa shape index (κ2) is 5.27. The number of carbonyl (C=O) groups excluding carboxylic acids is 1. The lowest BCUT2D eigenvalue weighted by Gasteiger charge is -2.06. The van der Waals surface area contributed by atoms with E-state index >= 15 is 0 Å². The third-order valence-corrected chi connectivity index (χ3v) is 2.38. The second-order valence-corrected chi connectivity index (χ2v) is 3.74. The number of aryl methyl sites for hydroxylation is 1. The molecule has 0 aliphatic carbocycles. The van der Waals surface area contributed by atoms with Crippen LogP contribution in [0.15, 0.2) is 36.7 Å². The summed E-state index contributed by atoms with van der Waals surface area (Å²) >= 11 is 0. The van der Waals surface area contributed by atoms with Crippen molar-refractivity contribution in [1.82, 2.24) is 9.97 Å². The first kappa shape index (κ1) is 12.0. The topological polar surface area (TPSA) is 64.1 Å². The van der Waals surface area contributed by atoms with Crippen LogP contribution in [-0.4, -0.2) is 23.0 Å². The Bertz CT molecular complexity index is 552. The Hall–Kier alpha value is -2.43. The van der Waals surface area contributed by atoms with Crippen molar-refractivity contribution in [1.29, 1.82) is 0 Å². The molecule has 2 aromatic rings. The number of esters is 1. The van der Waals surface area contributed by atoms with E-state index in [0.29, 0.717) is 11.4 Å². The van der Waals surface area contributed by atoms with E-state index in [2.05, 4.69) is 20.0 Å². The van der Waals surface area contributed by atoms with Crippen LogP contribution in [0.5, 0.6) is 0 Å². The molecule has 0 aliphatic heterocycles. The molecule has 0 fully saturated rings. The van der Waals surface area contributed by atoms with Gasteiger partial charge in [0.1, 0.15) is 12.1 Å². The summed E-state index contributed by atoms with van der Waals surface area (Å²) in [4.78, 5) is 19.4. The highest BCUT2D eigenvalue weighted by molar-refractivity contribution is 5.89. The van der Waals surface area contributed by atoms with Gasteiger partial charge in [-0.2, -0.15) is 0 Å². The number of aromatic nitrogens is 2. The number of nitrogens with one attached hydrogen (secondary N) is 1. The Kier molecular flexibility index (Phi) is 3.52. The second-order valence-electron chi connectivity index (χ2n) is 3.74. The molecule has 5 heteroatoms. The fourth-order valence-corrected chi connectivity index (χ4v) is 1.48. The molecule has 1 aromatic heterocycles. The summed E-state index contributed by atoms with van der Waals surface area (Å²) in [6.07, 6.45) is 1.50. The van der Waals surface area contributed by atoms with Gasteiger partial charge >= 0.3 is 5.97 Å². The number of benzene rings is 1. The normalized spacial score (nSPS) is 9.89. The molecule has 0 aliphatic rings. The van der Waals surface area contributed by atoms with Gasteiger partial charge in [-0.15, -0.1) is 0 Å². The maximum atomic E-state index is 11.3. The first-order valence-electron chi connectivity index (χ1n) is 5.43. The van der Waals surface area contributed by atoms with Crippen LogP contribution in [0, 0.1) is 6.92 Å². The van der Waals surface area contributed by atoms with Gasteiger partial charge in [-0.3, -0.25) is 0 Å². The van der Waals surface area contributed by atoms with Crippen LogP contribution >= 0.6 is 0 Å². The van der Waals surface area contributed by atoms with E-state index in [4.69, 9.17) is 0 Å². The maximum Gasteiger partial charge on any atom is 0.337 e. The molecule has 0 spiro atoms. The molecular formula is C13H13N3O2.